The smallest absolute Gasteiger partial charge is 0.289 e. The largest absolute Gasteiger partial charge is 0.483 e. The Morgan fingerprint density at radius 2 is 1.73 bits per heavy atom. The maximum atomic E-state index is 12.8. The maximum Gasteiger partial charge on any atom is 0.289 e. The summed E-state index contributed by atoms with van der Waals surface area (Å²) < 4.78 is 31.8. The first-order valence-corrected chi connectivity index (χ1v) is 11.7. The van der Waals surface area contributed by atoms with Gasteiger partial charge in [0, 0.05) is 12.2 Å². The minimum Gasteiger partial charge on any atom is -0.483 e. The number of primary amides is 1. The summed E-state index contributed by atoms with van der Waals surface area (Å²) in [7, 11) is -3.74. The molecule has 0 aliphatic rings. The molecule has 0 saturated carbocycles. The molecule has 0 saturated heterocycles. The molecule has 0 aliphatic heterocycles. The van der Waals surface area contributed by atoms with E-state index >= 15 is 0 Å². The standard InChI is InChI=1S/C22H23N3O6S.CH4/c1-3-15-20(21(27)22(23)28)19-16(25(15)12-14-8-5-4-6-9-14)10-7-11-17(19)31-13-18(26)24-32(2,29)30;/h4-11H,3,12-13H2,1-2H3,(H2,23,28)(H,24,26);1H4. The van der Waals surface area contributed by atoms with E-state index < -0.39 is 34.2 Å². The van der Waals surface area contributed by atoms with Gasteiger partial charge in [0.1, 0.15) is 5.75 Å². The van der Waals surface area contributed by atoms with Gasteiger partial charge < -0.3 is 15.0 Å². The van der Waals surface area contributed by atoms with Gasteiger partial charge in [0.15, 0.2) is 6.61 Å². The second-order valence-corrected chi connectivity index (χ2v) is 8.93. The third-order valence-corrected chi connectivity index (χ3v) is 5.39. The second-order valence-electron chi connectivity index (χ2n) is 7.18. The lowest BCUT2D eigenvalue weighted by atomic mass is 10.0. The third-order valence-electron chi connectivity index (χ3n) is 4.79. The minimum absolute atomic E-state index is 0. The Balaban J connectivity index is 0.00000385. The first kappa shape index (κ1) is 25.6. The molecule has 10 heteroatoms. The minimum atomic E-state index is -3.74. The van der Waals surface area contributed by atoms with Crippen molar-refractivity contribution in [3.05, 3.63) is 65.4 Å². The number of hydrogen-bond donors (Lipinski definition) is 2. The van der Waals surface area contributed by atoms with Crippen LogP contribution in [0.5, 0.6) is 5.75 Å². The number of hydrogen-bond acceptors (Lipinski definition) is 6. The van der Waals surface area contributed by atoms with Gasteiger partial charge in [0.05, 0.1) is 22.7 Å². The number of aromatic nitrogens is 1. The average Bonchev–Trinajstić information content (AvgIpc) is 3.05. The van der Waals surface area contributed by atoms with Crippen LogP contribution in [0.1, 0.15) is 36.0 Å². The number of amides is 2. The van der Waals surface area contributed by atoms with E-state index in [1.807, 2.05) is 46.5 Å². The van der Waals surface area contributed by atoms with E-state index in [1.165, 1.54) is 0 Å². The number of sulfonamides is 1. The molecule has 0 aliphatic carbocycles. The Kier molecular flexibility index (Phi) is 7.99. The van der Waals surface area contributed by atoms with Crippen LogP contribution < -0.4 is 15.2 Å². The maximum absolute atomic E-state index is 12.8. The second kappa shape index (κ2) is 10.3. The highest BCUT2D eigenvalue weighted by molar-refractivity contribution is 7.89. The average molecular weight is 474 g/mol. The predicted octanol–water partition coefficient (Wildman–Crippen LogP) is 2.01. The van der Waals surface area contributed by atoms with E-state index in [0.29, 0.717) is 29.6 Å². The van der Waals surface area contributed by atoms with E-state index in [0.717, 1.165) is 11.8 Å². The van der Waals surface area contributed by atoms with Crippen LogP contribution in [0.25, 0.3) is 10.9 Å². The molecule has 2 amide bonds. The number of Topliss-reactive ketones (excluding diaryl/α,β-unsaturated/α-hetero) is 1. The third kappa shape index (κ3) is 5.78. The van der Waals surface area contributed by atoms with E-state index in [9.17, 15) is 22.8 Å². The number of nitrogens with zero attached hydrogens (tertiary/aromatic N) is 1. The number of carbonyl (C=O) groups excluding carboxylic acids is 3. The summed E-state index contributed by atoms with van der Waals surface area (Å²) in [6.45, 7) is 1.69. The van der Waals surface area contributed by atoms with Crippen LogP contribution >= 0.6 is 0 Å². The van der Waals surface area contributed by atoms with Gasteiger partial charge in [0.25, 0.3) is 17.6 Å². The molecule has 0 atom stereocenters. The van der Waals surface area contributed by atoms with Crippen molar-refractivity contribution in [3.8, 4) is 5.75 Å². The van der Waals surface area contributed by atoms with E-state index in [4.69, 9.17) is 10.5 Å². The SMILES string of the molecule is C.CCc1c(C(=O)C(N)=O)c2c(OCC(=O)NS(C)(=O)=O)cccc2n1Cc1ccccc1. The molecule has 0 bridgehead atoms. The number of nitrogens with one attached hydrogen (secondary N) is 1. The van der Waals surface area contributed by atoms with Gasteiger partial charge in [-0.1, -0.05) is 50.7 Å². The fraction of sp³-hybridized carbons (Fsp3) is 0.261. The molecule has 33 heavy (non-hydrogen) atoms. The van der Waals surface area contributed by atoms with E-state index in [-0.39, 0.29) is 18.7 Å². The molecule has 0 fully saturated rings. The number of ketones is 1. The van der Waals surface area contributed by atoms with Crippen molar-refractivity contribution in [1.82, 2.24) is 9.29 Å². The fourth-order valence-electron chi connectivity index (χ4n) is 3.60. The van der Waals surface area contributed by atoms with Crippen LogP contribution in [0.15, 0.2) is 48.5 Å². The van der Waals surface area contributed by atoms with Crippen molar-refractivity contribution in [2.24, 2.45) is 5.73 Å². The number of ether oxygens (including phenoxy) is 1. The zero-order valence-corrected chi connectivity index (χ0v) is 18.4. The normalized spacial score (nSPS) is 11.0. The Hall–Kier alpha value is -3.66. The molecule has 176 valence electrons. The summed E-state index contributed by atoms with van der Waals surface area (Å²) in [6.07, 6.45) is 1.29. The quantitative estimate of drug-likeness (QED) is 0.360. The number of carbonyl (C=O) groups is 3. The summed E-state index contributed by atoms with van der Waals surface area (Å²) in [5, 5.41) is 0.344. The van der Waals surface area contributed by atoms with Crippen LogP contribution in [0.3, 0.4) is 0 Å². The van der Waals surface area contributed by atoms with Crippen molar-refractivity contribution in [2.45, 2.75) is 27.3 Å². The van der Waals surface area contributed by atoms with E-state index in [2.05, 4.69) is 0 Å². The highest BCUT2D eigenvalue weighted by atomic mass is 32.2. The van der Waals surface area contributed by atoms with Gasteiger partial charge in [-0.15, -0.1) is 0 Å². The zero-order chi connectivity index (χ0) is 23.5. The van der Waals surface area contributed by atoms with E-state index in [1.54, 1.807) is 18.2 Å². The van der Waals surface area contributed by atoms with Crippen LogP contribution in [-0.2, 0) is 32.6 Å². The Bertz CT molecular complexity index is 1300. The monoisotopic (exact) mass is 473 g/mol. The lowest BCUT2D eigenvalue weighted by Crippen LogP contribution is -2.33. The Labute approximate surface area is 192 Å². The van der Waals surface area contributed by atoms with Gasteiger partial charge in [0.2, 0.25) is 10.0 Å². The highest BCUT2D eigenvalue weighted by Crippen LogP contribution is 2.35. The summed E-state index contributed by atoms with van der Waals surface area (Å²) in [5.74, 6) is -2.68. The van der Waals surface area contributed by atoms with Crippen molar-refractivity contribution in [3.63, 3.8) is 0 Å². The molecule has 2 aromatic carbocycles. The van der Waals surface area contributed by atoms with Gasteiger partial charge in [-0.05, 0) is 24.1 Å². The predicted molar refractivity (Wildman–Crippen MR) is 126 cm³/mol. The summed E-state index contributed by atoms with van der Waals surface area (Å²) >= 11 is 0. The molecule has 0 unspecified atom stereocenters. The Morgan fingerprint density at radius 3 is 2.30 bits per heavy atom. The number of fused-ring (bicyclic) bond motifs is 1. The van der Waals surface area contributed by atoms with Crippen molar-refractivity contribution >= 4 is 38.5 Å². The summed E-state index contributed by atoms with van der Waals surface area (Å²) in [5.41, 5.74) is 7.64. The van der Waals surface area contributed by atoms with Crippen molar-refractivity contribution in [1.29, 1.82) is 0 Å². The van der Waals surface area contributed by atoms with Crippen LogP contribution in [-0.4, -0.2) is 43.4 Å². The topological polar surface area (TPSA) is 138 Å². The van der Waals surface area contributed by atoms with Gasteiger partial charge in [-0.2, -0.15) is 0 Å². The molecule has 3 aromatic rings. The lowest BCUT2D eigenvalue weighted by Gasteiger charge is -2.11. The molecule has 0 radical (unpaired) electrons. The molecule has 0 spiro atoms. The molecule has 9 nitrogen and oxygen atoms in total. The number of benzene rings is 2. The molecule has 1 aromatic heterocycles. The van der Waals surface area contributed by atoms with Gasteiger partial charge in [-0.3, -0.25) is 19.1 Å². The van der Waals surface area contributed by atoms with Crippen LogP contribution in [0, 0.1) is 0 Å². The molecular formula is C23H27N3O6S. The summed E-state index contributed by atoms with van der Waals surface area (Å²) in [6, 6.07) is 14.6. The highest BCUT2D eigenvalue weighted by Gasteiger charge is 2.27. The van der Waals surface area contributed by atoms with Crippen molar-refractivity contribution in [2.75, 3.05) is 12.9 Å². The zero-order valence-electron chi connectivity index (χ0n) is 17.6. The molecule has 1 heterocycles. The van der Waals surface area contributed by atoms with Crippen LogP contribution in [0.2, 0.25) is 0 Å². The lowest BCUT2D eigenvalue weighted by molar-refractivity contribution is -0.121. The molecule has 3 rings (SSSR count). The first-order chi connectivity index (χ1) is 15.1. The summed E-state index contributed by atoms with van der Waals surface area (Å²) in [4.78, 5) is 36.5. The molecule has 3 N–H and O–H groups in total. The number of rotatable bonds is 9. The fourth-order valence-corrected chi connectivity index (χ4v) is 4.07. The van der Waals surface area contributed by atoms with Gasteiger partial charge in [-0.25, -0.2) is 8.42 Å². The van der Waals surface area contributed by atoms with Crippen molar-refractivity contribution < 1.29 is 27.5 Å². The first-order valence-electron chi connectivity index (χ1n) is 9.78. The molecular weight excluding hydrogens is 446 g/mol. The Morgan fingerprint density at radius 1 is 1.06 bits per heavy atom. The van der Waals surface area contributed by atoms with Crippen LogP contribution in [0.4, 0.5) is 0 Å². The van der Waals surface area contributed by atoms with Gasteiger partial charge >= 0.3 is 0 Å². The number of nitrogens with two attached hydrogens (primary N) is 1.